The first-order valence-electron chi connectivity index (χ1n) is 13.7. The van der Waals surface area contributed by atoms with Crippen LogP contribution in [0.4, 0.5) is 21.3 Å². The molecule has 2 aliphatic heterocycles. The normalized spacial score (nSPS) is 15.0. The van der Waals surface area contributed by atoms with E-state index in [1.807, 2.05) is 24.3 Å². The van der Waals surface area contributed by atoms with E-state index in [9.17, 15) is 21.3 Å². The maximum absolute atomic E-state index is 14.5. The summed E-state index contributed by atoms with van der Waals surface area (Å²) in [5.74, 6) is 0.291. The number of aromatic amines is 2. The Morgan fingerprint density at radius 3 is 1.19 bits per heavy atom. The van der Waals surface area contributed by atoms with Gasteiger partial charge in [-0.2, -0.15) is 0 Å². The van der Waals surface area contributed by atoms with Crippen molar-refractivity contribution >= 4 is 48.6 Å². The summed E-state index contributed by atoms with van der Waals surface area (Å²) >= 11 is -12.3. The average Bonchev–Trinajstić information content (AvgIpc) is 3.75. The first kappa shape index (κ1) is 27.6. The Morgan fingerprint density at radius 1 is 0.383 bits per heavy atom. The minimum absolute atomic E-state index is 0.00434. The number of benzene rings is 4. The fourth-order valence-corrected chi connectivity index (χ4v) is 7.12. The Hall–Kier alpha value is -5.66. The second-order valence-corrected chi connectivity index (χ2v) is 14.4. The van der Waals surface area contributed by atoms with E-state index in [1.165, 1.54) is 0 Å². The van der Waals surface area contributed by atoms with Crippen molar-refractivity contribution in [1.82, 2.24) is 39.9 Å². The summed E-state index contributed by atoms with van der Waals surface area (Å²) in [6.07, 6.45) is 0. The van der Waals surface area contributed by atoms with Crippen molar-refractivity contribution in [2.75, 3.05) is 0 Å². The molecule has 0 saturated heterocycles. The number of halogens is 6. The SMILES string of the molecule is [F][Cu]([F])([F])([F])([F])([F])[c]1cccc2c3nc4nc(nc5[nH]c(nc6nc(nc([nH]3)c12)-c1ccccc1-6)c1ccccc51)-c1ccccc1-4. The maximum atomic E-state index is 14.5. The molecule has 5 heterocycles. The van der Waals surface area contributed by atoms with Crippen LogP contribution in [0, 0.1) is 0 Å². The first-order chi connectivity index (χ1) is 22.1. The van der Waals surface area contributed by atoms with Crippen LogP contribution in [0.3, 0.4) is 0 Å². The fourth-order valence-electron chi connectivity index (χ4n) is 5.91. The second kappa shape index (κ2) is 7.82. The molecule has 0 saturated carbocycles. The summed E-state index contributed by atoms with van der Waals surface area (Å²) in [6.45, 7) is 0. The molecule has 0 aliphatic carbocycles. The molecule has 9 rings (SSSR count). The van der Waals surface area contributed by atoms with E-state index in [0.717, 1.165) is 11.5 Å². The van der Waals surface area contributed by atoms with Gasteiger partial charge in [0, 0.05) is 0 Å². The van der Waals surface area contributed by atoms with Gasteiger partial charge in [0.05, 0.1) is 0 Å². The van der Waals surface area contributed by atoms with Gasteiger partial charge >= 0.3 is 253 Å². The molecule has 2 N–H and O–H groups in total. The molecule has 0 spiro atoms. The Balaban J connectivity index is 1.54. The van der Waals surface area contributed by atoms with E-state index >= 15 is 0 Å². The number of rotatable bonds is 1. The molecule has 0 unspecified atom stereocenters. The average molecular weight is 691 g/mol. The molecule has 15 heteroatoms. The van der Waals surface area contributed by atoms with E-state index in [0.29, 0.717) is 45.0 Å². The summed E-state index contributed by atoms with van der Waals surface area (Å²) in [7, 11) is 0. The Kier molecular flexibility index (Phi) is 4.60. The summed E-state index contributed by atoms with van der Waals surface area (Å²) in [4.78, 5) is 33.3. The van der Waals surface area contributed by atoms with Gasteiger partial charge in [-0.1, -0.05) is 6.07 Å². The van der Waals surface area contributed by atoms with E-state index in [4.69, 9.17) is 9.97 Å². The van der Waals surface area contributed by atoms with Crippen LogP contribution in [0.25, 0.3) is 89.7 Å². The van der Waals surface area contributed by atoms with E-state index in [1.54, 1.807) is 48.5 Å². The molecule has 0 radical (unpaired) electrons. The van der Waals surface area contributed by atoms with Gasteiger partial charge in [-0.15, -0.1) is 0 Å². The van der Waals surface area contributed by atoms with Gasteiger partial charge in [0.25, 0.3) is 0 Å². The monoisotopic (exact) mass is 690 g/mol. The topological polar surface area (TPSA) is 109 Å². The van der Waals surface area contributed by atoms with Crippen LogP contribution in [0.5, 0.6) is 0 Å². The number of fused-ring (bicyclic) bond motifs is 20. The van der Waals surface area contributed by atoms with Crippen molar-refractivity contribution in [3.05, 3.63) is 91.0 Å². The van der Waals surface area contributed by atoms with Gasteiger partial charge in [-0.3, -0.25) is 0 Å². The van der Waals surface area contributed by atoms with Gasteiger partial charge in [0.2, 0.25) is 0 Å². The molecule has 0 atom stereocenters. The molecular weight excluding hydrogens is 674 g/mol. The molecule has 8 nitrogen and oxygen atoms in total. The Bertz CT molecular complexity index is 2730. The van der Waals surface area contributed by atoms with Crippen molar-refractivity contribution in [3.8, 4) is 45.6 Å². The van der Waals surface area contributed by atoms with Gasteiger partial charge in [-0.05, 0) is 0 Å². The van der Waals surface area contributed by atoms with Crippen LogP contribution in [-0.4, -0.2) is 39.9 Å². The first-order valence-corrected chi connectivity index (χ1v) is 16.4. The molecule has 3 aromatic heterocycles. The zero-order valence-electron chi connectivity index (χ0n) is 23.4. The van der Waals surface area contributed by atoms with E-state index in [-0.39, 0.29) is 35.0 Å². The molecular formula is C32H17CuF6N8. The number of nitrogens with zero attached hydrogens (tertiary/aromatic N) is 6. The van der Waals surface area contributed by atoms with Crippen molar-refractivity contribution in [2.45, 2.75) is 0 Å². The van der Waals surface area contributed by atoms with Gasteiger partial charge in [0.1, 0.15) is 0 Å². The van der Waals surface area contributed by atoms with Crippen LogP contribution in [0.2, 0.25) is 0 Å². The van der Waals surface area contributed by atoms with Crippen molar-refractivity contribution in [1.29, 1.82) is 0 Å². The van der Waals surface area contributed by atoms with Crippen LogP contribution in [-0.2, 0) is 12.4 Å². The summed E-state index contributed by atoms with van der Waals surface area (Å²) in [5, 5.41) is -0.223. The molecule has 4 aromatic carbocycles. The Morgan fingerprint density at radius 2 is 0.745 bits per heavy atom. The number of H-pyrrole nitrogens is 2. The van der Waals surface area contributed by atoms with Crippen molar-refractivity contribution < 1.29 is 33.7 Å². The molecule has 0 amide bonds. The third-order valence-electron chi connectivity index (χ3n) is 7.87. The van der Waals surface area contributed by atoms with Gasteiger partial charge < -0.3 is 0 Å². The standard InChI is InChI=1S/C32H17N8.Cu.6FH/c1-2-10-18-17(9-1)25-33-26(18)38-28-21-13-5-6-14-22(21)30(35-28)40-32-24-16-8-7-15-23(24)31(36-32)39-29-20-12-4-3-11-19(20)27(34-29)37-25;;;;;;;/h1-15H,(H2,33,34,35,36,37,38,39,40);;6*1H/q;+6;;;;;;/p-6. The molecule has 8 bridgehead atoms. The zero-order chi connectivity index (χ0) is 32.5. The summed E-state index contributed by atoms with van der Waals surface area (Å²) in [6, 6.07) is 22.8. The predicted molar refractivity (Wildman–Crippen MR) is 162 cm³/mol. The molecule has 2 aliphatic rings. The number of nitrogens with one attached hydrogen (secondary N) is 2. The van der Waals surface area contributed by atoms with Crippen LogP contribution < -0.4 is 4.46 Å². The van der Waals surface area contributed by atoms with Crippen LogP contribution in [0.1, 0.15) is 0 Å². The molecule has 47 heavy (non-hydrogen) atoms. The molecule has 7 aromatic rings. The Labute approximate surface area is 258 Å². The van der Waals surface area contributed by atoms with Crippen molar-refractivity contribution in [2.24, 2.45) is 0 Å². The quantitative estimate of drug-likeness (QED) is 0.132. The third kappa shape index (κ3) is 4.31. The number of aromatic nitrogens is 8. The van der Waals surface area contributed by atoms with Gasteiger partial charge in [-0.25, -0.2) is 0 Å². The van der Waals surface area contributed by atoms with E-state index < -0.39 is 33.3 Å². The molecule has 0 fully saturated rings. The van der Waals surface area contributed by atoms with E-state index in [2.05, 4.69) is 29.9 Å². The minimum atomic E-state index is -12.3. The van der Waals surface area contributed by atoms with Crippen LogP contribution in [0.15, 0.2) is 91.0 Å². The molecule has 238 valence electrons. The second-order valence-electron chi connectivity index (χ2n) is 10.9. The van der Waals surface area contributed by atoms with Gasteiger partial charge in [0.15, 0.2) is 0 Å². The number of hydrogen-bond acceptors (Lipinski definition) is 6. The fraction of sp³-hybridized carbons (Fsp3) is 0. The summed E-state index contributed by atoms with van der Waals surface area (Å²) < 4.78 is 84.4. The van der Waals surface area contributed by atoms with Crippen LogP contribution >= 0.6 is 0 Å². The number of hydrogen-bond donors (Lipinski definition) is 2. The van der Waals surface area contributed by atoms with Crippen molar-refractivity contribution in [3.63, 3.8) is 0 Å². The zero-order valence-corrected chi connectivity index (χ0v) is 24.4. The summed E-state index contributed by atoms with van der Waals surface area (Å²) in [5.41, 5.74) is 1.69. The third-order valence-corrected chi connectivity index (χ3v) is 9.41. The predicted octanol–water partition coefficient (Wildman–Crippen LogP) is 8.56.